The van der Waals surface area contributed by atoms with Crippen LogP contribution in [-0.2, 0) is 4.79 Å². The number of nitrogens with zero attached hydrogens (tertiary/aromatic N) is 4. The van der Waals surface area contributed by atoms with Crippen LogP contribution >= 0.6 is 0 Å². The van der Waals surface area contributed by atoms with Crippen LogP contribution in [0.3, 0.4) is 0 Å². The van der Waals surface area contributed by atoms with E-state index in [4.69, 9.17) is 17.2 Å². The molecule has 2 fully saturated rings. The zero-order valence-corrected chi connectivity index (χ0v) is 25.5. The number of likely N-dealkylation sites (tertiary alicyclic amines) is 2. The zero-order valence-electron chi connectivity index (χ0n) is 25.5. The van der Waals surface area contributed by atoms with Gasteiger partial charge in [0.15, 0.2) is 0 Å². The number of amides is 5. The number of rotatable bonds is 5. The Labute approximate surface area is 266 Å². The van der Waals surface area contributed by atoms with Crippen molar-refractivity contribution in [1.29, 1.82) is 0 Å². The molecule has 12 heteroatoms. The van der Waals surface area contributed by atoms with Gasteiger partial charge in [0.25, 0.3) is 5.91 Å². The molecule has 4 aromatic rings. The van der Waals surface area contributed by atoms with Crippen molar-refractivity contribution in [2.24, 2.45) is 23.3 Å². The number of urea groups is 2. The zero-order chi connectivity index (χ0) is 32.8. The average molecular weight is 626 g/mol. The van der Waals surface area contributed by atoms with Crippen LogP contribution in [0.25, 0.3) is 21.5 Å². The fraction of sp³-hybridized carbons (Fsp3) is 0.324. The molecule has 3 aromatic carbocycles. The predicted octanol–water partition coefficient (Wildman–Crippen LogP) is 4.27. The minimum atomic E-state index is -1.09. The molecule has 12 nitrogen and oxygen atoms in total. The topological polar surface area (TPSA) is 189 Å². The van der Waals surface area contributed by atoms with Gasteiger partial charge in [-0.2, -0.15) is 0 Å². The number of carboxylic acids is 1. The number of aromatic nitrogens is 1. The maximum absolute atomic E-state index is 13.3. The van der Waals surface area contributed by atoms with Crippen molar-refractivity contribution in [1.82, 2.24) is 14.8 Å². The summed E-state index contributed by atoms with van der Waals surface area (Å²) in [5.41, 5.74) is 17.4. The van der Waals surface area contributed by atoms with Crippen molar-refractivity contribution < 1.29 is 24.3 Å². The third-order valence-electron chi connectivity index (χ3n) is 9.01. The van der Waals surface area contributed by atoms with E-state index in [9.17, 15) is 24.3 Å². The summed E-state index contributed by atoms with van der Waals surface area (Å²) in [7, 11) is 0. The summed E-state index contributed by atoms with van der Waals surface area (Å²) in [5.74, 6) is 0.139. The lowest BCUT2D eigenvalue weighted by atomic mass is 9.79. The van der Waals surface area contributed by atoms with Crippen LogP contribution in [0.4, 0.5) is 21.1 Å². The Morgan fingerprint density at radius 2 is 1.33 bits per heavy atom. The largest absolute Gasteiger partial charge is 0.480 e. The highest BCUT2D eigenvalue weighted by Gasteiger charge is 2.31. The Morgan fingerprint density at radius 1 is 0.761 bits per heavy atom. The Bertz CT molecular complexity index is 1710. The van der Waals surface area contributed by atoms with Crippen LogP contribution in [0.2, 0.25) is 0 Å². The Kier molecular flexibility index (Phi) is 9.85. The molecule has 5 amide bonds. The van der Waals surface area contributed by atoms with Crippen LogP contribution in [0, 0.1) is 11.8 Å². The number of carbonyl (C=O) groups is 4. The normalized spacial score (nSPS) is 15.7. The van der Waals surface area contributed by atoms with Crippen LogP contribution in [0.15, 0.2) is 72.9 Å². The summed E-state index contributed by atoms with van der Waals surface area (Å²) < 4.78 is 0. The number of carboxylic acid groups (broad SMARTS) is 1. The van der Waals surface area contributed by atoms with Gasteiger partial charge in [0.1, 0.15) is 12.4 Å². The molecule has 0 saturated carbocycles. The monoisotopic (exact) mass is 625 g/mol. The second-order valence-electron chi connectivity index (χ2n) is 11.7. The first kappa shape index (κ1) is 32.0. The van der Waals surface area contributed by atoms with E-state index < -0.39 is 18.4 Å². The van der Waals surface area contributed by atoms with Crippen molar-refractivity contribution in [2.45, 2.75) is 25.7 Å². The third-order valence-corrected chi connectivity index (χ3v) is 9.01. The highest BCUT2D eigenvalue weighted by atomic mass is 16.4. The Hall–Kier alpha value is -5.39. The molecule has 0 atom stereocenters. The molecular formula is C34H39N7O5. The number of nitrogens with two attached hydrogens (primary N) is 3. The van der Waals surface area contributed by atoms with Crippen LogP contribution in [0.1, 0.15) is 36.0 Å². The number of benzene rings is 3. The fourth-order valence-corrected chi connectivity index (χ4v) is 6.51. The second kappa shape index (κ2) is 14.1. The van der Waals surface area contributed by atoms with E-state index >= 15 is 0 Å². The SMILES string of the molecule is NC(=O)N1CCC(C2CCN(C(N)=O)CC2)CC1.Nc1nccc2ccc(C(=O)N(CC(=O)O)c3cccc4ccccc34)cc12. The van der Waals surface area contributed by atoms with Crippen LogP contribution in [0.5, 0.6) is 0 Å². The molecule has 0 bridgehead atoms. The number of pyridine rings is 1. The molecule has 2 aliphatic heterocycles. The van der Waals surface area contributed by atoms with Gasteiger partial charge >= 0.3 is 18.0 Å². The molecule has 240 valence electrons. The smallest absolute Gasteiger partial charge is 0.323 e. The number of carbonyl (C=O) groups excluding carboxylic acids is 3. The molecule has 0 radical (unpaired) electrons. The Balaban J connectivity index is 0.000000200. The average Bonchev–Trinajstić information content (AvgIpc) is 3.07. The molecule has 3 heterocycles. The van der Waals surface area contributed by atoms with Crippen molar-refractivity contribution in [3.8, 4) is 0 Å². The van der Waals surface area contributed by atoms with Gasteiger partial charge in [-0.3, -0.25) is 14.5 Å². The van der Waals surface area contributed by atoms with Crippen molar-refractivity contribution in [2.75, 3.05) is 43.4 Å². The van der Waals surface area contributed by atoms with Crippen LogP contribution < -0.4 is 22.1 Å². The minimum Gasteiger partial charge on any atom is -0.480 e. The summed E-state index contributed by atoms with van der Waals surface area (Å²) in [4.78, 5) is 55.6. The summed E-state index contributed by atoms with van der Waals surface area (Å²) >= 11 is 0. The van der Waals surface area contributed by atoms with Crippen molar-refractivity contribution in [3.63, 3.8) is 0 Å². The van der Waals surface area contributed by atoms with E-state index in [1.807, 2.05) is 36.4 Å². The molecule has 0 spiro atoms. The van der Waals surface area contributed by atoms with Gasteiger partial charge in [-0.25, -0.2) is 14.6 Å². The molecule has 2 saturated heterocycles. The number of anilines is 2. The van der Waals surface area contributed by atoms with Gasteiger partial charge in [-0.15, -0.1) is 0 Å². The molecule has 6 rings (SSSR count). The van der Waals surface area contributed by atoms with Crippen molar-refractivity contribution in [3.05, 3.63) is 78.5 Å². The number of nitrogen functional groups attached to an aromatic ring is 1. The number of piperidine rings is 2. The number of fused-ring (bicyclic) bond motifs is 2. The van der Waals surface area contributed by atoms with Gasteiger partial charge in [0, 0.05) is 48.7 Å². The van der Waals surface area contributed by atoms with Crippen LogP contribution in [-0.4, -0.2) is 76.6 Å². The van der Waals surface area contributed by atoms with E-state index in [1.165, 1.54) is 4.90 Å². The molecule has 46 heavy (non-hydrogen) atoms. The molecule has 7 N–H and O–H groups in total. The number of hydrogen-bond donors (Lipinski definition) is 4. The van der Waals surface area contributed by atoms with Gasteiger partial charge in [-0.05, 0) is 72.6 Å². The maximum atomic E-state index is 13.3. The Morgan fingerprint density at radius 3 is 1.91 bits per heavy atom. The van der Waals surface area contributed by atoms with Gasteiger partial charge < -0.3 is 32.1 Å². The van der Waals surface area contributed by atoms with Gasteiger partial charge in [0.2, 0.25) is 0 Å². The lowest BCUT2D eigenvalue weighted by molar-refractivity contribution is -0.135. The summed E-state index contributed by atoms with van der Waals surface area (Å²) in [6, 6.07) is 19.3. The first-order valence-electron chi connectivity index (χ1n) is 15.4. The summed E-state index contributed by atoms with van der Waals surface area (Å²) in [5, 5.41) is 12.7. The van der Waals surface area contributed by atoms with E-state index in [1.54, 1.807) is 46.3 Å². The van der Waals surface area contributed by atoms with Crippen molar-refractivity contribution >= 4 is 57.0 Å². The number of hydrogen-bond acceptors (Lipinski definition) is 6. The second-order valence-corrected chi connectivity index (χ2v) is 11.7. The molecule has 2 aliphatic rings. The minimum absolute atomic E-state index is 0.308. The summed E-state index contributed by atoms with van der Waals surface area (Å²) in [6.07, 6.45) is 5.73. The molecule has 0 aliphatic carbocycles. The molecule has 0 unspecified atom stereocenters. The fourth-order valence-electron chi connectivity index (χ4n) is 6.51. The van der Waals surface area contributed by atoms with E-state index in [0.717, 1.165) is 68.0 Å². The van der Waals surface area contributed by atoms with E-state index in [0.29, 0.717) is 34.3 Å². The number of aliphatic carboxylic acids is 1. The quantitative estimate of drug-likeness (QED) is 0.255. The summed E-state index contributed by atoms with van der Waals surface area (Å²) in [6.45, 7) is 2.64. The van der Waals surface area contributed by atoms with Gasteiger partial charge in [-0.1, -0.05) is 42.5 Å². The molecule has 1 aromatic heterocycles. The van der Waals surface area contributed by atoms with E-state index in [-0.39, 0.29) is 12.1 Å². The molecular weight excluding hydrogens is 586 g/mol. The predicted molar refractivity (Wildman–Crippen MR) is 177 cm³/mol. The standard InChI is InChI=1S/C22H17N3O3.C12H22N4O2/c23-21-18-12-16(9-8-15(18)10-11-24-21)22(28)25(13-20(26)27)19-7-3-5-14-4-1-2-6-17(14)19;13-11(17)15-5-1-9(2-6-15)10-3-7-16(8-4-10)12(14)18/h1-12H,13H2,(H2,23,24)(H,26,27);9-10H,1-8H2,(H2,13,17)(H2,14,18). The third kappa shape index (κ3) is 7.28. The highest BCUT2D eigenvalue weighted by molar-refractivity contribution is 6.14. The lowest BCUT2D eigenvalue weighted by Gasteiger charge is -2.39. The first-order chi connectivity index (χ1) is 22.1. The van der Waals surface area contributed by atoms with E-state index in [2.05, 4.69) is 4.98 Å². The first-order valence-corrected chi connectivity index (χ1v) is 15.4. The number of primary amides is 2. The lowest BCUT2D eigenvalue weighted by Crippen LogP contribution is -2.46. The maximum Gasteiger partial charge on any atom is 0.323 e. The highest BCUT2D eigenvalue weighted by Crippen LogP contribution is 2.32. The van der Waals surface area contributed by atoms with Gasteiger partial charge in [0.05, 0.1) is 5.69 Å².